The molecule has 0 fully saturated rings. The third kappa shape index (κ3) is 2.93. The first-order chi connectivity index (χ1) is 7.60. The summed E-state index contributed by atoms with van der Waals surface area (Å²) in [6.45, 7) is 2.10. The minimum absolute atomic E-state index is 0.262. The van der Waals surface area contributed by atoms with Crippen molar-refractivity contribution in [2.45, 2.75) is 19.6 Å². The van der Waals surface area contributed by atoms with E-state index >= 15 is 0 Å². The summed E-state index contributed by atoms with van der Waals surface area (Å²) < 4.78 is 19.2. The molecule has 1 aromatic rings. The molecule has 0 aliphatic rings. The summed E-state index contributed by atoms with van der Waals surface area (Å²) in [5.41, 5.74) is -1.75. The molecule has 0 amide bonds. The molecule has 0 aromatic carbocycles. The zero-order valence-corrected chi connectivity index (χ0v) is 9.46. The van der Waals surface area contributed by atoms with Crippen molar-refractivity contribution >= 4 is 11.6 Å². The van der Waals surface area contributed by atoms with E-state index in [-0.39, 0.29) is 5.88 Å². The summed E-state index contributed by atoms with van der Waals surface area (Å²) in [7, 11) is 0. The van der Waals surface area contributed by atoms with Crippen LogP contribution in [0.3, 0.4) is 0 Å². The lowest BCUT2D eigenvalue weighted by atomic mass is 10.4. The fourth-order valence-corrected chi connectivity index (χ4v) is 1.45. The monoisotopic (exact) mass is 250 g/mol. The van der Waals surface area contributed by atoms with Crippen LogP contribution in [0.5, 0.6) is 0 Å². The van der Waals surface area contributed by atoms with Crippen LogP contribution < -0.4 is 11.2 Å². The van der Waals surface area contributed by atoms with Crippen molar-refractivity contribution in [2.75, 3.05) is 12.5 Å². The van der Waals surface area contributed by atoms with E-state index in [2.05, 4.69) is 0 Å². The molecular weight excluding hydrogens is 239 g/mol. The van der Waals surface area contributed by atoms with E-state index in [0.29, 0.717) is 13.0 Å². The molecule has 5 nitrogen and oxygen atoms in total. The molecule has 1 rings (SSSR count). The first kappa shape index (κ1) is 12.9. The van der Waals surface area contributed by atoms with E-state index < -0.39 is 23.3 Å². The normalized spacial score (nSPS) is 12.7. The van der Waals surface area contributed by atoms with Crippen molar-refractivity contribution in [1.29, 1.82) is 0 Å². The Kier molecular flexibility index (Phi) is 4.70. The highest BCUT2D eigenvalue weighted by Crippen LogP contribution is 2.11. The summed E-state index contributed by atoms with van der Waals surface area (Å²) in [5.74, 6) is -0.767. The number of hydrogen-bond donors (Lipinski definition) is 1. The molecule has 0 radical (unpaired) electrons. The van der Waals surface area contributed by atoms with E-state index in [0.717, 1.165) is 10.8 Å². The van der Waals surface area contributed by atoms with Gasteiger partial charge in [0, 0.05) is 18.9 Å². The van der Waals surface area contributed by atoms with Crippen LogP contribution in [0.15, 0.2) is 15.8 Å². The summed E-state index contributed by atoms with van der Waals surface area (Å²) in [5, 5.41) is 0. The molecule has 90 valence electrons. The van der Waals surface area contributed by atoms with Crippen LogP contribution in [-0.4, -0.2) is 22.0 Å². The van der Waals surface area contributed by atoms with E-state index in [1.165, 1.54) is 0 Å². The van der Waals surface area contributed by atoms with Gasteiger partial charge in [-0.3, -0.25) is 14.3 Å². The molecule has 0 saturated carbocycles. The average Bonchev–Trinajstić information content (AvgIpc) is 2.23. The predicted octanol–water partition coefficient (Wildman–Crippen LogP) is 0.840. The van der Waals surface area contributed by atoms with Gasteiger partial charge < -0.3 is 4.74 Å². The van der Waals surface area contributed by atoms with Crippen molar-refractivity contribution in [3.05, 3.63) is 32.9 Å². The van der Waals surface area contributed by atoms with Crippen molar-refractivity contribution in [3.63, 3.8) is 0 Å². The van der Waals surface area contributed by atoms with Gasteiger partial charge in [0.25, 0.3) is 5.56 Å². The maximum atomic E-state index is 13.0. The van der Waals surface area contributed by atoms with Crippen molar-refractivity contribution in [1.82, 2.24) is 9.55 Å². The minimum atomic E-state index is -1.04. The number of aromatic amines is 1. The number of H-pyrrole nitrogens is 1. The van der Waals surface area contributed by atoms with Gasteiger partial charge in [0.1, 0.15) is 6.23 Å². The van der Waals surface area contributed by atoms with Gasteiger partial charge in [-0.15, -0.1) is 11.6 Å². The molecule has 16 heavy (non-hydrogen) atoms. The third-order valence-corrected chi connectivity index (χ3v) is 2.17. The van der Waals surface area contributed by atoms with Crippen LogP contribution >= 0.6 is 11.6 Å². The van der Waals surface area contributed by atoms with Gasteiger partial charge in [-0.2, -0.15) is 4.39 Å². The van der Waals surface area contributed by atoms with Crippen LogP contribution in [0.4, 0.5) is 4.39 Å². The van der Waals surface area contributed by atoms with Gasteiger partial charge in [-0.1, -0.05) is 0 Å². The Bertz CT molecular complexity index is 451. The summed E-state index contributed by atoms with van der Waals surface area (Å²) in [4.78, 5) is 24.1. The molecule has 1 unspecified atom stereocenters. The lowest BCUT2D eigenvalue weighted by Crippen LogP contribution is -2.34. The highest BCUT2D eigenvalue weighted by atomic mass is 35.5. The Morgan fingerprint density at radius 1 is 1.62 bits per heavy atom. The lowest BCUT2D eigenvalue weighted by molar-refractivity contribution is 0.00411. The Labute approximate surface area is 95.8 Å². The van der Waals surface area contributed by atoms with E-state index in [1.54, 1.807) is 6.92 Å². The van der Waals surface area contributed by atoms with Gasteiger partial charge in [0.2, 0.25) is 5.82 Å². The van der Waals surface area contributed by atoms with Gasteiger partial charge in [-0.25, -0.2) is 4.79 Å². The molecule has 1 N–H and O–H groups in total. The summed E-state index contributed by atoms with van der Waals surface area (Å²) in [6.07, 6.45) is 0.510. The van der Waals surface area contributed by atoms with E-state index in [1.807, 2.05) is 4.98 Å². The molecule has 0 aliphatic heterocycles. The molecule has 1 heterocycles. The van der Waals surface area contributed by atoms with Crippen LogP contribution in [0.2, 0.25) is 0 Å². The van der Waals surface area contributed by atoms with E-state index in [4.69, 9.17) is 16.3 Å². The number of nitrogens with one attached hydrogen (secondary N) is 1. The topological polar surface area (TPSA) is 64.1 Å². The zero-order chi connectivity index (χ0) is 12.1. The Morgan fingerprint density at radius 3 is 2.88 bits per heavy atom. The Balaban J connectivity index is 3.13. The van der Waals surface area contributed by atoms with Crippen molar-refractivity contribution in [2.24, 2.45) is 0 Å². The predicted molar refractivity (Wildman–Crippen MR) is 57.3 cm³/mol. The standard InChI is InChI=1S/C9H12ClFN2O3/c1-2-16-7(3-4-10)13-5-6(11)8(14)12-9(13)15/h5,7H,2-4H2,1H3,(H,12,14,15). The number of rotatable bonds is 5. The first-order valence-electron chi connectivity index (χ1n) is 4.78. The fraction of sp³-hybridized carbons (Fsp3) is 0.556. The lowest BCUT2D eigenvalue weighted by Gasteiger charge is -2.17. The number of ether oxygens (including phenoxy) is 1. The maximum absolute atomic E-state index is 13.0. The maximum Gasteiger partial charge on any atom is 0.330 e. The summed E-state index contributed by atoms with van der Waals surface area (Å²) in [6, 6.07) is 0. The second-order valence-electron chi connectivity index (χ2n) is 3.03. The quantitative estimate of drug-likeness (QED) is 0.788. The third-order valence-electron chi connectivity index (χ3n) is 1.95. The smallest absolute Gasteiger partial charge is 0.330 e. The van der Waals surface area contributed by atoms with Crippen molar-refractivity contribution in [3.8, 4) is 0 Å². The van der Waals surface area contributed by atoms with Gasteiger partial charge in [0.15, 0.2) is 0 Å². The van der Waals surface area contributed by atoms with Gasteiger partial charge >= 0.3 is 5.69 Å². The number of hydrogen-bond acceptors (Lipinski definition) is 3. The number of nitrogens with zero attached hydrogens (tertiary/aromatic N) is 1. The summed E-state index contributed by atoms with van der Waals surface area (Å²) >= 11 is 5.54. The Morgan fingerprint density at radius 2 is 2.31 bits per heavy atom. The molecule has 0 aliphatic carbocycles. The highest BCUT2D eigenvalue weighted by molar-refractivity contribution is 6.17. The largest absolute Gasteiger partial charge is 0.358 e. The molecule has 1 aromatic heterocycles. The molecule has 0 saturated heterocycles. The van der Waals surface area contributed by atoms with Crippen molar-refractivity contribution < 1.29 is 9.13 Å². The minimum Gasteiger partial charge on any atom is -0.358 e. The van der Waals surface area contributed by atoms with Crippen LogP contribution in [0.1, 0.15) is 19.6 Å². The molecule has 7 heteroatoms. The molecular formula is C9H12ClFN2O3. The number of halogens is 2. The second-order valence-corrected chi connectivity index (χ2v) is 3.41. The average molecular weight is 251 g/mol. The van der Waals surface area contributed by atoms with Gasteiger partial charge in [-0.05, 0) is 6.92 Å². The van der Waals surface area contributed by atoms with Crippen LogP contribution in [0.25, 0.3) is 0 Å². The van der Waals surface area contributed by atoms with Crippen LogP contribution in [0, 0.1) is 5.82 Å². The second kappa shape index (κ2) is 5.81. The number of aromatic nitrogens is 2. The van der Waals surface area contributed by atoms with E-state index in [9.17, 15) is 14.0 Å². The Hall–Kier alpha value is -1.14. The SMILES string of the molecule is CCOC(CCCl)n1cc(F)c(=O)[nH]c1=O. The molecule has 0 bridgehead atoms. The zero-order valence-electron chi connectivity index (χ0n) is 8.70. The molecule has 0 spiro atoms. The van der Waals surface area contributed by atoms with Gasteiger partial charge in [0.05, 0.1) is 6.20 Å². The molecule has 1 atom stereocenters. The number of alkyl halides is 1. The van der Waals surface area contributed by atoms with Crippen LogP contribution in [-0.2, 0) is 4.74 Å². The fourth-order valence-electron chi connectivity index (χ4n) is 1.26. The highest BCUT2D eigenvalue weighted by Gasteiger charge is 2.14. The first-order valence-corrected chi connectivity index (χ1v) is 5.32.